The molecule has 0 radical (unpaired) electrons. The Morgan fingerprint density at radius 2 is 1.84 bits per heavy atom. The fraction of sp³-hybridized carbons (Fsp3) is 0.350. The van der Waals surface area contributed by atoms with Gasteiger partial charge in [-0.15, -0.1) is 12.4 Å². The number of hydrogen-bond donors (Lipinski definition) is 2. The summed E-state index contributed by atoms with van der Waals surface area (Å²) in [4.78, 5) is 14.7. The van der Waals surface area contributed by atoms with Crippen LogP contribution in [0.25, 0.3) is 0 Å². The number of carbonyl (C=O) groups excluding carboxylic acids is 1. The molecule has 1 heterocycles. The van der Waals surface area contributed by atoms with Gasteiger partial charge in [-0.25, -0.2) is 0 Å². The lowest BCUT2D eigenvalue weighted by molar-refractivity contribution is 0.0932. The van der Waals surface area contributed by atoms with Crippen LogP contribution in [0.2, 0.25) is 0 Å². The number of carbonyl (C=O) groups is 1. The first-order valence-electron chi connectivity index (χ1n) is 8.55. The molecule has 134 valence electrons. The van der Waals surface area contributed by atoms with Gasteiger partial charge >= 0.3 is 0 Å². The van der Waals surface area contributed by atoms with E-state index in [9.17, 15) is 4.79 Å². The Morgan fingerprint density at radius 1 is 1.16 bits per heavy atom. The molecule has 0 aromatic heterocycles. The number of rotatable bonds is 5. The summed E-state index contributed by atoms with van der Waals surface area (Å²) in [6.45, 7) is 5.32. The van der Waals surface area contributed by atoms with Gasteiger partial charge < -0.3 is 11.1 Å². The Kier molecular flexibility index (Phi) is 7.00. The second-order valence-corrected chi connectivity index (χ2v) is 6.45. The molecule has 0 saturated heterocycles. The highest BCUT2D eigenvalue weighted by molar-refractivity contribution is 5.94. The van der Waals surface area contributed by atoms with E-state index >= 15 is 0 Å². The second-order valence-electron chi connectivity index (χ2n) is 6.45. The first kappa shape index (κ1) is 19.4. The molecular formula is C20H26ClN3O. The van der Waals surface area contributed by atoms with Crippen LogP contribution >= 0.6 is 12.4 Å². The topological polar surface area (TPSA) is 58.4 Å². The van der Waals surface area contributed by atoms with Crippen LogP contribution in [0.1, 0.15) is 34.0 Å². The van der Waals surface area contributed by atoms with Crippen LogP contribution in [0.4, 0.5) is 0 Å². The smallest absolute Gasteiger partial charge is 0.251 e. The van der Waals surface area contributed by atoms with Crippen molar-refractivity contribution >= 4 is 18.3 Å². The highest BCUT2D eigenvalue weighted by Crippen LogP contribution is 2.20. The Labute approximate surface area is 155 Å². The van der Waals surface area contributed by atoms with Crippen molar-refractivity contribution in [2.75, 3.05) is 13.1 Å². The van der Waals surface area contributed by atoms with E-state index in [0.717, 1.165) is 25.1 Å². The standard InChI is InChI=1S/C20H25N3O.ClH/c1-15(23-11-10-17-4-2-3-5-19(17)14-23)13-22-20(24)18-8-6-16(12-21)7-9-18;/h2-9,15H,10-14,21H2,1H3,(H,22,24);1H. The Balaban J connectivity index is 0.00000225. The van der Waals surface area contributed by atoms with Crippen LogP contribution in [-0.2, 0) is 19.5 Å². The number of benzene rings is 2. The zero-order valence-electron chi connectivity index (χ0n) is 14.6. The summed E-state index contributed by atoms with van der Waals surface area (Å²) < 4.78 is 0. The van der Waals surface area contributed by atoms with Crippen molar-refractivity contribution < 1.29 is 4.79 Å². The van der Waals surface area contributed by atoms with Gasteiger partial charge in [0.2, 0.25) is 0 Å². The molecule has 0 spiro atoms. The van der Waals surface area contributed by atoms with Crippen molar-refractivity contribution in [3.05, 3.63) is 70.8 Å². The fourth-order valence-corrected chi connectivity index (χ4v) is 3.16. The highest BCUT2D eigenvalue weighted by atomic mass is 35.5. The molecule has 0 fully saturated rings. The predicted octanol–water partition coefficient (Wildman–Crippen LogP) is 2.74. The number of fused-ring (bicyclic) bond motifs is 1. The molecule has 4 nitrogen and oxygen atoms in total. The number of amides is 1. The van der Waals surface area contributed by atoms with Gasteiger partial charge in [-0.2, -0.15) is 0 Å². The first-order valence-corrected chi connectivity index (χ1v) is 8.55. The van der Waals surface area contributed by atoms with Crippen molar-refractivity contribution in [3.8, 4) is 0 Å². The van der Waals surface area contributed by atoms with E-state index in [4.69, 9.17) is 5.73 Å². The SMILES string of the molecule is CC(CNC(=O)c1ccc(CN)cc1)N1CCc2ccccc2C1.Cl. The molecule has 2 aromatic carbocycles. The van der Waals surface area contributed by atoms with E-state index in [1.807, 2.05) is 24.3 Å². The molecule has 1 unspecified atom stereocenters. The molecule has 0 bridgehead atoms. The summed E-state index contributed by atoms with van der Waals surface area (Å²) in [5, 5.41) is 3.05. The molecule has 2 aromatic rings. The Morgan fingerprint density at radius 3 is 2.52 bits per heavy atom. The zero-order chi connectivity index (χ0) is 16.9. The number of hydrogen-bond acceptors (Lipinski definition) is 3. The molecule has 0 saturated carbocycles. The van der Waals surface area contributed by atoms with Crippen molar-refractivity contribution in [1.82, 2.24) is 10.2 Å². The molecule has 5 heteroatoms. The van der Waals surface area contributed by atoms with Crippen LogP contribution in [0.3, 0.4) is 0 Å². The van der Waals surface area contributed by atoms with Crippen LogP contribution in [0, 0.1) is 0 Å². The maximum Gasteiger partial charge on any atom is 0.251 e. The third-order valence-corrected chi connectivity index (χ3v) is 4.79. The maximum absolute atomic E-state index is 12.3. The summed E-state index contributed by atoms with van der Waals surface area (Å²) in [6.07, 6.45) is 1.08. The van der Waals surface area contributed by atoms with E-state index in [1.165, 1.54) is 11.1 Å². The van der Waals surface area contributed by atoms with E-state index in [2.05, 4.69) is 41.4 Å². The maximum atomic E-state index is 12.3. The average Bonchev–Trinajstić information content (AvgIpc) is 2.65. The summed E-state index contributed by atoms with van der Waals surface area (Å²) in [5.74, 6) is -0.0252. The van der Waals surface area contributed by atoms with E-state index in [0.29, 0.717) is 24.7 Å². The van der Waals surface area contributed by atoms with Crippen LogP contribution in [-0.4, -0.2) is 29.9 Å². The largest absolute Gasteiger partial charge is 0.350 e. The van der Waals surface area contributed by atoms with Gasteiger partial charge in [0.05, 0.1) is 0 Å². The monoisotopic (exact) mass is 359 g/mol. The summed E-state index contributed by atoms with van der Waals surface area (Å²) in [6, 6.07) is 16.4. The van der Waals surface area contributed by atoms with Crippen molar-refractivity contribution in [1.29, 1.82) is 0 Å². The molecular weight excluding hydrogens is 334 g/mol. The van der Waals surface area contributed by atoms with E-state index in [-0.39, 0.29) is 18.3 Å². The fourth-order valence-electron chi connectivity index (χ4n) is 3.16. The molecule has 1 amide bonds. The summed E-state index contributed by atoms with van der Waals surface area (Å²) in [5.41, 5.74) is 10.2. The quantitative estimate of drug-likeness (QED) is 0.863. The third-order valence-electron chi connectivity index (χ3n) is 4.79. The molecule has 1 atom stereocenters. The Hall–Kier alpha value is -1.88. The minimum absolute atomic E-state index is 0. The number of nitrogens with two attached hydrogens (primary N) is 1. The Bertz CT molecular complexity index is 702. The number of halogens is 1. The average molecular weight is 360 g/mol. The van der Waals surface area contributed by atoms with Crippen LogP contribution in [0.15, 0.2) is 48.5 Å². The lowest BCUT2D eigenvalue weighted by Gasteiger charge is -2.33. The predicted molar refractivity (Wildman–Crippen MR) is 104 cm³/mol. The number of nitrogens with one attached hydrogen (secondary N) is 1. The molecule has 0 aliphatic carbocycles. The van der Waals surface area contributed by atoms with Crippen molar-refractivity contribution in [3.63, 3.8) is 0 Å². The minimum Gasteiger partial charge on any atom is -0.350 e. The van der Waals surface area contributed by atoms with Gasteiger partial charge in [-0.05, 0) is 42.2 Å². The summed E-state index contributed by atoms with van der Waals surface area (Å²) in [7, 11) is 0. The highest BCUT2D eigenvalue weighted by Gasteiger charge is 2.20. The third kappa shape index (κ3) is 4.82. The van der Waals surface area contributed by atoms with Gasteiger partial charge in [0.1, 0.15) is 0 Å². The normalized spacial score (nSPS) is 15.0. The molecule has 1 aliphatic heterocycles. The van der Waals surface area contributed by atoms with Crippen molar-refractivity contribution in [2.24, 2.45) is 5.73 Å². The molecule has 1 aliphatic rings. The number of nitrogens with zero attached hydrogens (tertiary/aromatic N) is 1. The van der Waals surface area contributed by atoms with Crippen molar-refractivity contribution in [2.45, 2.75) is 32.5 Å². The van der Waals surface area contributed by atoms with Crippen LogP contribution in [0.5, 0.6) is 0 Å². The molecule has 25 heavy (non-hydrogen) atoms. The lowest BCUT2D eigenvalue weighted by atomic mass is 9.99. The first-order chi connectivity index (χ1) is 11.7. The summed E-state index contributed by atoms with van der Waals surface area (Å²) >= 11 is 0. The zero-order valence-corrected chi connectivity index (χ0v) is 15.4. The molecule has 3 N–H and O–H groups in total. The van der Waals surface area contributed by atoms with Gasteiger partial charge in [-0.3, -0.25) is 9.69 Å². The van der Waals surface area contributed by atoms with E-state index in [1.54, 1.807) is 0 Å². The second kappa shape index (κ2) is 8.99. The van der Waals surface area contributed by atoms with Gasteiger partial charge in [0.15, 0.2) is 0 Å². The lowest BCUT2D eigenvalue weighted by Crippen LogP contribution is -2.44. The molecule has 3 rings (SSSR count). The van der Waals surface area contributed by atoms with Crippen LogP contribution < -0.4 is 11.1 Å². The van der Waals surface area contributed by atoms with Gasteiger partial charge in [0, 0.05) is 37.8 Å². The van der Waals surface area contributed by atoms with Gasteiger partial charge in [-0.1, -0.05) is 36.4 Å². The van der Waals surface area contributed by atoms with Gasteiger partial charge in [0.25, 0.3) is 5.91 Å². The minimum atomic E-state index is -0.0252. The van der Waals surface area contributed by atoms with E-state index < -0.39 is 0 Å².